The summed E-state index contributed by atoms with van der Waals surface area (Å²) >= 11 is 0. The van der Waals surface area contributed by atoms with Crippen LogP contribution in [0.1, 0.15) is 19.8 Å². The van der Waals surface area contributed by atoms with E-state index in [1.807, 2.05) is 6.92 Å². The van der Waals surface area contributed by atoms with Crippen LogP contribution in [-0.4, -0.2) is 63.6 Å². The Labute approximate surface area is 99.0 Å². The topological polar surface area (TPSA) is 119 Å². The molecule has 100 valence electrons. The summed E-state index contributed by atoms with van der Waals surface area (Å²) in [5.41, 5.74) is 0. The first kappa shape index (κ1) is 14.3. The first-order valence-electron chi connectivity index (χ1n) is 5.61. The fourth-order valence-corrected chi connectivity index (χ4v) is 1.74. The highest BCUT2D eigenvalue weighted by atomic mass is 16.6. The molecule has 1 fully saturated rings. The van der Waals surface area contributed by atoms with Gasteiger partial charge < -0.3 is 30.5 Å². The van der Waals surface area contributed by atoms with Crippen molar-refractivity contribution in [3.8, 4) is 0 Å². The Kier molecular flexibility index (Phi) is 5.29. The average molecular weight is 249 g/mol. The summed E-state index contributed by atoms with van der Waals surface area (Å²) in [6.45, 7) is 1.30. The summed E-state index contributed by atoms with van der Waals surface area (Å²) in [5.74, 6) is -0.339. The highest BCUT2D eigenvalue weighted by Crippen LogP contribution is 2.19. The van der Waals surface area contributed by atoms with Crippen LogP contribution in [0.2, 0.25) is 0 Å². The quantitative estimate of drug-likeness (QED) is 0.382. The van der Waals surface area contributed by atoms with E-state index < -0.39 is 37.3 Å². The van der Waals surface area contributed by atoms with Crippen LogP contribution in [0.15, 0.2) is 0 Å². The van der Waals surface area contributed by atoms with Gasteiger partial charge in [0.1, 0.15) is 24.4 Å². The molecular formula is C10H19NO6. The third kappa shape index (κ3) is 3.36. The van der Waals surface area contributed by atoms with E-state index in [0.29, 0.717) is 6.42 Å². The van der Waals surface area contributed by atoms with Gasteiger partial charge >= 0.3 is 0 Å². The number of ether oxygens (including phenoxy) is 1. The minimum Gasteiger partial charge on any atom is -0.394 e. The van der Waals surface area contributed by atoms with Crippen LogP contribution in [0.3, 0.4) is 0 Å². The Morgan fingerprint density at radius 2 is 1.94 bits per heavy atom. The van der Waals surface area contributed by atoms with Gasteiger partial charge in [-0.25, -0.2) is 0 Å². The van der Waals surface area contributed by atoms with E-state index in [1.165, 1.54) is 0 Å². The molecule has 1 amide bonds. The molecule has 0 aromatic heterocycles. The Hall–Kier alpha value is -0.730. The first-order chi connectivity index (χ1) is 8.01. The molecule has 0 spiro atoms. The van der Waals surface area contributed by atoms with Crippen molar-refractivity contribution in [1.82, 2.24) is 5.32 Å². The van der Waals surface area contributed by atoms with Gasteiger partial charge in [0.05, 0.1) is 6.61 Å². The molecule has 1 rings (SSSR count). The third-order valence-corrected chi connectivity index (χ3v) is 2.70. The number of aliphatic hydroxyl groups is 4. The Morgan fingerprint density at radius 3 is 2.47 bits per heavy atom. The molecule has 0 radical (unpaired) electrons. The summed E-state index contributed by atoms with van der Waals surface area (Å²) in [7, 11) is 0. The minimum absolute atomic E-state index is 0.259. The van der Waals surface area contributed by atoms with Crippen LogP contribution in [0.5, 0.6) is 0 Å². The molecule has 5 atom stereocenters. The SMILES string of the molecule is CCCC(=O)NC1C(O)[C@@H](O)C(CO)O[C@H]1O. The summed E-state index contributed by atoms with van der Waals surface area (Å²) in [6.07, 6.45) is -4.35. The van der Waals surface area contributed by atoms with Gasteiger partial charge in [0.15, 0.2) is 6.29 Å². The fraction of sp³-hybridized carbons (Fsp3) is 0.900. The van der Waals surface area contributed by atoms with E-state index in [2.05, 4.69) is 5.32 Å². The van der Waals surface area contributed by atoms with Gasteiger partial charge in [-0.05, 0) is 6.42 Å². The van der Waals surface area contributed by atoms with E-state index in [4.69, 9.17) is 9.84 Å². The zero-order valence-corrected chi connectivity index (χ0v) is 9.61. The highest BCUT2D eigenvalue weighted by Gasteiger charge is 2.44. The molecule has 1 heterocycles. The van der Waals surface area contributed by atoms with Crippen molar-refractivity contribution in [3.63, 3.8) is 0 Å². The second kappa shape index (κ2) is 6.27. The van der Waals surface area contributed by atoms with Gasteiger partial charge in [-0.1, -0.05) is 6.92 Å². The van der Waals surface area contributed by atoms with E-state index in [1.54, 1.807) is 0 Å². The molecule has 0 aromatic rings. The van der Waals surface area contributed by atoms with Crippen LogP contribution in [-0.2, 0) is 9.53 Å². The van der Waals surface area contributed by atoms with Gasteiger partial charge in [0.25, 0.3) is 0 Å². The summed E-state index contributed by atoms with van der Waals surface area (Å²) in [4.78, 5) is 11.3. The molecule has 0 aromatic carbocycles. The molecule has 1 aliphatic heterocycles. The molecule has 3 unspecified atom stereocenters. The van der Waals surface area contributed by atoms with Crippen LogP contribution in [0.4, 0.5) is 0 Å². The molecule has 0 bridgehead atoms. The largest absolute Gasteiger partial charge is 0.394 e. The van der Waals surface area contributed by atoms with Crippen molar-refractivity contribution >= 4 is 5.91 Å². The van der Waals surface area contributed by atoms with Crippen molar-refractivity contribution < 1.29 is 30.0 Å². The normalized spacial score (nSPS) is 37.8. The lowest BCUT2D eigenvalue weighted by Crippen LogP contribution is -2.64. The van der Waals surface area contributed by atoms with Gasteiger partial charge in [-0.15, -0.1) is 0 Å². The molecule has 0 aliphatic carbocycles. The van der Waals surface area contributed by atoms with E-state index in [0.717, 1.165) is 0 Å². The smallest absolute Gasteiger partial charge is 0.220 e. The number of aliphatic hydroxyl groups excluding tert-OH is 4. The van der Waals surface area contributed by atoms with E-state index in [9.17, 15) is 20.1 Å². The van der Waals surface area contributed by atoms with Gasteiger partial charge in [-0.2, -0.15) is 0 Å². The maximum absolute atomic E-state index is 11.3. The molecule has 7 nitrogen and oxygen atoms in total. The van der Waals surface area contributed by atoms with Gasteiger partial charge in [-0.3, -0.25) is 4.79 Å². The number of amides is 1. The number of rotatable bonds is 4. The molecule has 17 heavy (non-hydrogen) atoms. The maximum Gasteiger partial charge on any atom is 0.220 e. The minimum atomic E-state index is -1.45. The lowest BCUT2D eigenvalue weighted by Gasteiger charge is -2.40. The Morgan fingerprint density at radius 1 is 1.29 bits per heavy atom. The monoisotopic (exact) mass is 249 g/mol. The number of nitrogens with one attached hydrogen (secondary N) is 1. The van der Waals surface area contributed by atoms with E-state index >= 15 is 0 Å². The van der Waals surface area contributed by atoms with Crippen LogP contribution in [0.25, 0.3) is 0 Å². The standard InChI is InChI=1S/C10H19NO6/c1-2-3-6(13)11-7-9(15)8(14)5(4-12)17-10(7)16/h5,7-10,12,14-16H,2-4H2,1H3,(H,11,13)/t5?,7?,8-,9?,10+/m0/s1. The zero-order valence-electron chi connectivity index (χ0n) is 9.61. The highest BCUT2D eigenvalue weighted by molar-refractivity contribution is 5.76. The molecule has 1 saturated heterocycles. The number of hydrogen-bond donors (Lipinski definition) is 5. The van der Waals surface area contributed by atoms with Crippen molar-refractivity contribution in [1.29, 1.82) is 0 Å². The van der Waals surface area contributed by atoms with Gasteiger partial charge in [0.2, 0.25) is 5.91 Å². The average Bonchev–Trinajstić information content (AvgIpc) is 2.29. The van der Waals surface area contributed by atoms with Crippen molar-refractivity contribution in [2.45, 2.75) is 50.4 Å². The lowest BCUT2D eigenvalue weighted by molar-refractivity contribution is -0.253. The third-order valence-electron chi connectivity index (χ3n) is 2.70. The predicted molar refractivity (Wildman–Crippen MR) is 56.8 cm³/mol. The summed E-state index contributed by atoms with van der Waals surface area (Å²) in [6, 6.07) is -1.09. The molecule has 5 N–H and O–H groups in total. The fourth-order valence-electron chi connectivity index (χ4n) is 1.74. The predicted octanol–water partition coefficient (Wildman–Crippen LogP) is -2.30. The van der Waals surface area contributed by atoms with E-state index in [-0.39, 0.29) is 12.3 Å². The van der Waals surface area contributed by atoms with Crippen molar-refractivity contribution in [2.75, 3.05) is 6.61 Å². The summed E-state index contributed by atoms with van der Waals surface area (Å²) < 4.78 is 4.89. The number of carbonyl (C=O) groups is 1. The van der Waals surface area contributed by atoms with Crippen LogP contribution >= 0.6 is 0 Å². The molecule has 0 saturated carbocycles. The molecule has 7 heteroatoms. The molecular weight excluding hydrogens is 230 g/mol. The second-order valence-corrected chi connectivity index (χ2v) is 4.07. The summed E-state index contributed by atoms with van der Waals surface area (Å²) in [5, 5.41) is 40.1. The number of hydrogen-bond acceptors (Lipinski definition) is 6. The first-order valence-corrected chi connectivity index (χ1v) is 5.61. The zero-order chi connectivity index (χ0) is 13.0. The van der Waals surface area contributed by atoms with Crippen LogP contribution in [0, 0.1) is 0 Å². The van der Waals surface area contributed by atoms with Gasteiger partial charge in [0, 0.05) is 6.42 Å². The molecule has 1 aliphatic rings. The van der Waals surface area contributed by atoms with Crippen molar-refractivity contribution in [2.24, 2.45) is 0 Å². The van der Waals surface area contributed by atoms with Crippen LogP contribution < -0.4 is 5.32 Å². The Balaban J connectivity index is 2.63. The lowest BCUT2D eigenvalue weighted by atomic mass is 9.97. The second-order valence-electron chi connectivity index (χ2n) is 4.07. The number of carbonyl (C=O) groups excluding carboxylic acids is 1. The Bertz CT molecular complexity index is 261. The van der Waals surface area contributed by atoms with Crippen molar-refractivity contribution in [3.05, 3.63) is 0 Å². The maximum atomic E-state index is 11.3.